The molecule has 142 valence electrons. The number of halogens is 2. The van der Waals surface area contributed by atoms with Crippen molar-refractivity contribution in [2.75, 3.05) is 0 Å². The van der Waals surface area contributed by atoms with Crippen LogP contribution in [0.1, 0.15) is 17.5 Å². The van der Waals surface area contributed by atoms with Gasteiger partial charge in [0.2, 0.25) is 0 Å². The van der Waals surface area contributed by atoms with E-state index in [9.17, 15) is 13.6 Å². The van der Waals surface area contributed by atoms with Gasteiger partial charge in [-0.15, -0.1) is 0 Å². The van der Waals surface area contributed by atoms with Crippen LogP contribution in [0.4, 0.5) is 8.78 Å². The van der Waals surface area contributed by atoms with E-state index in [2.05, 4.69) is 0 Å². The SMILES string of the molecule is NC(C/C=C(\c1cccc(-c2ccccc2)c1)c1ccc(F)cc1F)C(=O)O. The first-order chi connectivity index (χ1) is 13.5. The Hall–Kier alpha value is -3.31. The molecule has 0 aliphatic rings. The molecule has 0 bridgehead atoms. The lowest BCUT2D eigenvalue weighted by Crippen LogP contribution is -2.29. The third-order valence-electron chi connectivity index (χ3n) is 4.40. The van der Waals surface area contributed by atoms with E-state index >= 15 is 0 Å². The zero-order valence-corrected chi connectivity index (χ0v) is 15.0. The second kappa shape index (κ2) is 8.59. The van der Waals surface area contributed by atoms with Crippen LogP contribution in [0, 0.1) is 11.6 Å². The van der Waals surface area contributed by atoms with Crippen LogP contribution in [-0.4, -0.2) is 17.1 Å². The molecule has 0 aliphatic carbocycles. The van der Waals surface area contributed by atoms with Gasteiger partial charge in [-0.25, -0.2) is 8.78 Å². The van der Waals surface area contributed by atoms with Gasteiger partial charge in [0.05, 0.1) is 0 Å². The minimum Gasteiger partial charge on any atom is -0.480 e. The summed E-state index contributed by atoms with van der Waals surface area (Å²) in [6.45, 7) is 0. The van der Waals surface area contributed by atoms with E-state index in [4.69, 9.17) is 10.8 Å². The third-order valence-corrected chi connectivity index (χ3v) is 4.40. The maximum atomic E-state index is 14.5. The number of hydrogen-bond acceptors (Lipinski definition) is 2. The Balaban J connectivity index is 2.09. The molecule has 1 unspecified atom stereocenters. The number of hydrogen-bond donors (Lipinski definition) is 2. The molecule has 0 saturated carbocycles. The van der Waals surface area contributed by atoms with E-state index in [0.29, 0.717) is 11.1 Å². The topological polar surface area (TPSA) is 63.3 Å². The summed E-state index contributed by atoms with van der Waals surface area (Å²) in [4.78, 5) is 11.1. The van der Waals surface area contributed by atoms with Crippen LogP contribution in [0.2, 0.25) is 0 Å². The monoisotopic (exact) mass is 379 g/mol. The van der Waals surface area contributed by atoms with E-state index in [1.807, 2.05) is 48.5 Å². The van der Waals surface area contributed by atoms with Gasteiger partial charge in [0, 0.05) is 11.6 Å². The quantitative estimate of drug-likeness (QED) is 0.643. The average molecular weight is 379 g/mol. The lowest BCUT2D eigenvalue weighted by molar-refractivity contribution is -0.138. The summed E-state index contributed by atoms with van der Waals surface area (Å²) in [6.07, 6.45) is 1.59. The average Bonchev–Trinajstić information content (AvgIpc) is 2.70. The molecule has 0 saturated heterocycles. The van der Waals surface area contributed by atoms with Crippen LogP contribution >= 0.6 is 0 Å². The number of carbonyl (C=O) groups is 1. The number of benzene rings is 3. The van der Waals surface area contributed by atoms with E-state index < -0.39 is 23.6 Å². The summed E-state index contributed by atoms with van der Waals surface area (Å²) >= 11 is 0. The number of rotatable bonds is 6. The van der Waals surface area contributed by atoms with Gasteiger partial charge in [-0.05, 0) is 46.9 Å². The van der Waals surface area contributed by atoms with Gasteiger partial charge < -0.3 is 10.8 Å². The van der Waals surface area contributed by atoms with Crippen molar-refractivity contribution in [1.82, 2.24) is 0 Å². The molecule has 3 aromatic rings. The molecule has 1 atom stereocenters. The molecule has 0 spiro atoms. The van der Waals surface area contributed by atoms with Crippen molar-refractivity contribution in [3.05, 3.63) is 102 Å². The summed E-state index contributed by atoms with van der Waals surface area (Å²) in [5.41, 5.74) is 8.86. The lowest BCUT2D eigenvalue weighted by atomic mass is 9.93. The largest absolute Gasteiger partial charge is 0.480 e. The van der Waals surface area contributed by atoms with E-state index in [0.717, 1.165) is 17.2 Å². The Bertz CT molecular complexity index is 1020. The molecule has 3 rings (SSSR count). The lowest BCUT2D eigenvalue weighted by Gasteiger charge is -2.13. The van der Waals surface area contributed by atoms with E-state index in [1.54, 1.807) is 12.1 Å². The van der Waals surface area contributed by atoms with Gasteiger partial charge in [-0.1, -0.05) is 54.6 Å². The number of carboxylic acids is 1. The molecule has 0 radical (unpaired) electrons. The summed E-state index contributed by atoms with van der Waals surface area (Å²) in [5.74, 6) is -2.55. The van der Waals surface area contributed by atoms with Crippen LogP contribution in [0.3, 0.4) is 0 Å². The van der Waals surface area contributed by atoms with Crippen molar-refractivity contribution in [3.8, 4) is 11.1 Å². The summed E-state index contributed by atoms with van der Waals surface area (Å²) in [6, 6.07) is 19.3. The highest BCUT2D eigenvalue weighted by molar-refractivity contribution is 5.83. The highest BCUT2D eigenvalue weighted by Gasteiger charge is 2.15. The van der Waals surface area contributed by atoms with Crippen molar-refractivity contribution < 1.29 is 18.7 Å². The van der Waals surface area contributed by atoms with Gasteiger partial charge in [0.15, 0.2) is 0 Å². The molecule has 0 aliphatic heterocycles. The number of carboxylic acid groups (broad SMARTS) is 1. The smallest absolute Gasteiger partial charge is 0.320 e. The maximum absolute atomic E-state index is 14.5. The molecular formula is C23H19F2NO2. The first kappa shape index (κ1) is 19.5. The van der Waals surface area contributed by atoms with Crippen LogP contribution in [-0.2, 0) is 4.79 Å². The van der Waals surface area contributed by atoms with E-state index in [1.165, 1.54) is 12.1 Å². The molecular weight excluding hydrogens is 360 g/mol. The highest BCUT2D eigenvalue weighted by Crippen LogP contribution is 2.30. The highest BCUT2D eigenvalue weighted by atomic mass is 19.1. The molecule has 3 aromatic carbocycles. The van der Waals surface area contributed by atoms with Gasteiger partial charge in [-0.3, -0.25) is 4.79 Å². The number of nitrogens with two attached hydrogens (primary N) is 1. The Morgan fingerprint density at radius 3 is 2.36 bits per heavy atom. The van der Waals surface area contributed by atoms with Crippen molar-refractivity contribution in [3.63, 3.8) is 0 Å². The molecule has 3 nitrogen and oxygen atoms in total. The van der Waals surface area contributed by atoms with Gasteiger partial charge in [0.25, 0.3) is 0 Å². The first-order valence-electron chi connectivity index (χ1n) is 8.75. The fourth-order valence-corrected chi connectivity index (χ4v) is 2.93. The van der Waals surface area contributed by atoms with Gasteiger partial charge >= 0.3 is 5.97 Å². The molecule has 5 heteroatoms. The Morgan fingerprint density at radius 1 is 0.964 bits per heavy atom. The normalized spacial score (nSPS) is 12.6. The Kier molecular flexibility index (Phi) is 5.96. The zero-order valence-electron chi connectivity index (χ0n) is 15.0. The van der Waals surface area contributed by atoms with Crippen LogP contribution in [0.15, 0.2) is 78.9 Å². The van der Waals surface area contributed by atoms with Gasteiger partial charge in [-0.2, -0.15) is 0 Å². The molecule has 28 heavy (non-hydrogen) atoms. The van der Waals surface area contributed by atoms with Crippen LogP contribution < -0.4 is 5.73 Å². The van der Waals surface area contributed by atoms with Crippen molar-refractivity contribution in [2.24, 2.45) is 5.73 Å². The Morgan fingerprint density at radius 2 is 1.68 bits per heavy atom. The van der Waals surface area contributed by atoms with E-state index in [-0.39, 0.29) is 12.0 Å². The third kappa shape index (κ3) is 4.50. The standard InChI is InChI=1S/C23H19F2NO2/c24-18-9-10-20(21(25)14-18)19(11-12-22(26)23(27)28)17-8-4-7-16(13-17)15-5-2-1-3-6-15/h1-11,13-14,22H,12,26H2,(H,27,28)/b19-11+. The van der Waals surface area contributed by atoms with Gasteiger partial charge in [0.1, 0.15) is 17.7 Å². The Labute approximate surface area is 161 Å². The fourth-order valence-electron chi connectivity index (χ4n) is 2.93. The van der Waals surface area contributed by atoms with Crippen molar-refractivity contribution in [2.45, 2.75) is 12.5 Å². The molecule has 3 N–H and O–H groups in total. The molecule has 0 aromatic heterocycles. The summed E-state index contributed by atoms with van der Waals surface area (Å²) in [5, 5.41) is 9.04. The van der Waals surface area contributed by atoms with Crippen molar-refractivity contribution >= 4 is 11.5 Å². The fraction of sp³-hybridized carbons (Fsp3) is 0.0870. The summed E-state index contributed by atoms with van der Waals surface area (Å²) < 4.78 is 27.8. The summed E-state index contributed by atoms with van der Waals surface area (Å²) in [7, 11) is 0. The maximum Gasteiger partial charge on any atom is 0.320 e. The van der Waals surface area contributed by atoms with Crippen LogP contribution in [0.25, 0.3) is 16.7 Å². The number of aliphatic carboxylic acids is 1. The molecule has 0 heterocycles. The van der Waals surface area contributed by atoms with Crippen LogP contribution in [0.5, 0.6) is 0 Å². The molecule has 0 fully saturated rings. The first-order valence-corrected chi connectivity index (χ1v) is 8.75. The predicted octanol–water partition coefficient (Wildman–Crippen LogP) is 4.87. The second-order valence-corrected chi connectivity index (χ2v) is 6.37. The predicted molar refractivity (Wildman–Crippen MR) is 106 cm³/mol. The second-order valence-electron chi connectivity index (χ2n) is 6.37. The molecule has 0 amide bonds. The minimum atomic E-state index is -1.15. The minimum absolute atomic E-state index is 0.0110. The van der Waals surface area contributed by atoms with Crippen molar-refractivity contribution in [1.29, 1.82) is 0 Å². The zero-order chi connectivity index (χ0) is 20.1.